The van der Waals surface area contributed by atoms with Crippen LogP contribution in [0.2, 0.25) is 0 Å². The maximum absolute atomic E-state index is 12.9. The van der Waals surface area contributed by atoms with Gasteiger partial charge in [0, 0.05) is 31.5 Å². The minimum absolute atomic E-state index is 0.153. The second-order valence-corrected chi connectivity index (χ2v) is 9.58. The summed E-state index contributed by atoms with van der Waals surface area (Å²) in [6.07, 6.45) is 1.51. The van der Waals surface area contributed by atoms with E-state index in [1.54, 1.807) is 30.6 Å². The number of aryl methyl sites for hydroxylation is 2. The number of hydrogen-bond acceptors (Lipinski definition) is 5. The van der Waals surface area contributed by atoms with Crippen molar-refractivity contribution in [2.24, 2.45) is 0 Å². The van der Waals surface area contributed by atoms with Crippen molar-refractivity contribution in [3.8, 4) is 0 Å². The number of carbonyl (C=O) groups is 1. The molecule has 0 saturated carbocycles. The van der Waals surface area contributed by atoms with Crippen LogP contribution < -0.4 is 5.32 Å². The Kier molecular flexibility index (Phi) is 5.77. The fourth-order valence-electron chi connectivity index (χ4n) is 3.40. The van der Waals surface area contributed by atoms with Crippen LogP contribution in [0.3, 0.4) is 0 Å². The molecule has 0 bridgehead atoms. The van der Waals surface area contributed by atoms with Crippen LogP contribution in [0.25, 0.3) is 5.65 Å². The molecule has 0 aliphatic heterocycles. The molecule has 0 aliphatic carbocycles. The maximum atomic E-state index is 12.9. The molecule has 0 spiro atoms. The number of aromatic nitrogens is 3. The summed E-state index contributed by atoms with van der Waals surface area (Å²) in [5.41, 5.74) is 3.92. The Morgan fingerprint density at radius 1 is 1.06 bits per heavy atom. The molecular formula is C23H23N5O3S. The van der Waals surface area contributed by atoms with E-state index < -0.39 is 10.0 Å². The topological polar surface area (TPSA) is 96.7 Å². The highest BCUT2D eigenvalue weighted by Gasteiger charge is 2.21. The first kappa shape index (κ1) is 21.7. The second-order valence-electron chi connectivity index (χ2n) is 7.54. The quantitative estimate of drug-likeness (QED) is 0.487. The van der Waals surface area contributed by atoms with Crippen molar-refractivity contribution in [2.45, 2.75) is 25.3 Å². The average molecular weight is 450 g/mol. The van der Waals surface area contributed by atoms with Gasteiger partial charge in [-0.1, -0.05) is 30.3 Å². The first-order valence-electron chi connectivity index (χ1n) is 9.99. The Labute approximate surface area is 186 Å². The van der Waals surface area contributed by atoms with E-state index in [2.05, 4.69) is 15.4 Å². The zero-order valence-electron chi connectivity index (χ0n) is 18.0. The zero-order valence-corrected chi connectivity index (χ0v) is 18.8. The van der Waals surface area contributed by atoms with Crippen molar-refractivity contribution >= 4 is 27.3 Å². The van der Waals surface area contributed by atoms with E-state index in [9.17, 15) is 13.2 Å². The average Bonchev–Trinajstić information content (AvgIpc) is 3.16. The molecule has 2 aromatic carbocycles. The van der Waals surface area contributed by atoms with Gasteiger partial charge in [-0.2, -0.15) is 9.40 Å². The van der Waals surface area contributed by atoms with Gasteiger partial charge in [0.2, 0.25) is 10.0 Å². The summed E-state index contributed by atoms with van der Waals surface area (Å²) in [4.78, 5) is 17.2. The monoisotopic (exact) mass is 449 g/mol. The number of fused-ring (bicyclic) bond motifs is 1. The first-order valence-corrected chi connectivity index (χ1v) is 11.4. The summed E-state index contributed by atoms with van der Waals surface area (Å²) in [6.45, 7) is 3.93. The van der Waals surface area contributed by atoms with Gasteiger partial charge in [-0.3, -0.25) is 4.79 Å². The van der Waals surface area contributed by atoms with Gasteiger partial charge in [-0.25, -0.2) is 17.9 Å². The van der Waals surface area contributed by atoms with Crippen LogP contribution in [-0.2, 0) is 16.6 Å². The van der Waals surface area contributed by atoms with Crippen LogP contribution in [0.4, 0.5) is 5.69 Å². The third-order valence-electron chi connectivity index (χ3n) is 5.16. The summed E-state index contributed by atoms with van der Waals surface area (Å²) >= 11 is 0. The van der Waals surface area contributed by atoms with E-state index in [0.717, 1.165) is 11.3 Å². The summed E-state index contributed by atoms with van der Waals surface area (Å²) in [6, 6.07) is 17.3. The van der Waals surface area contributed by atoms with Gasteiger partial charge in [0.1, 0.15) is 0 Å². The molecule has 1 amide bonds. The fraction of sp³-hybridized carbons (Fsp3) is 0.174. The standard InChI is InChI=1S/C23H23N5O3S/c1-16-13-22-24-14-21(17(2)28(22)26-16)23(29)25-19-9-11-20(12-10-19)32(30,31)27(3)15-18-7-5-4-6-8-18/h4-14H,15H2,1-3H3,(H,25,29). The molecular weight excluding hydrogens is 426 g/mol. The summed E-state index contributed by atoms with van der Waals surface area (Å²) in [5, 5.41) is 7.14. The van der Waals surface area contributed by atoms with Crippen LogP contribution in [0, 0.1) is 13.8 Å². The summed E-state index contributed by atoms with van der Waals surface area (Å²) < 4.78 is 28.7. The third kappa shape index (κ3) is 4.25. The van der Waals surface area contributed by atoms with Crippen LogP contribution in [0.1, 0.15) is 27.3 Å². The van der Waals surface area contributed by atoms with Gasteiger partial charge in [-0.15, -0.1) is 0 Å². The molecule has 2 aromatic heterocycles. The Hall–Kier alpha value is -3.56. The smallest absolute Gasteiger partial charge is 0.259 e. The highest BCUT2D eigenvalue weighted by atomic mass is 32.2. The molecule has 8 nitrogen and oxygen atoms in total. The number of rotatable bonds is 6. The van der Waals surface area contributed by atoms with Crippen LogP contribution >= 0.6 is 0 Å². The van der Waals surface area contributed by atoms with Crippen molar-refractivity contribution in [1.82, 2.24) is 18.9 Å². The van der Waals surface area contributed by atoms with Gasteiger partial charge in [0.05, 0.1) is 21.8 Å². The van der Waals surface area contributed by atoms with Crippen molar-refractivity contribution in [3.05, 3.63) is 89.4 Å². The molecule has 164 valence electrons. The molecule has 32 heavy (non-hydrogen) atoms. The molecule has 4 aromatic rings. The molecule has 9 heteroatoms. The second kappa shape index (κ2) is 8.52. The Morgan fingerprint density at radius 2 is 1.75 bits per heavy atom. The van der Waals surface area contributed by atoms with E-state index in [0.29, 0.717) is 22.6 Å². The minimum atomic E-state index is -3.66. The van der Waals surface area contributed by atoms with E-state index in [4.69, 9.17) is 0 Å². The SMILES string of the molecule is Cc1cc2ncc(C(=O)Nc3ccc(S(=O)(=O)N(C)Cc4ccccc4)cc3)c(C)n2n1. The summed E-state index contributed by atoms with van der Waals surface area (Å²) in [7, 11) is -2.12. The van der Waals surface area contributed by atoms with Gasteiger partial charge in [-0.05, 0) is 43.7 Å². The predicted octanol–water partition coefficient (Wildman–Crippen LogP) is 3.42. The molecule has 0 aliphatic rings. The molecule has 4 rings (SSSR count). The Balaban J connectivity index is 1.50. The van der Waals surface area contributed by atoms with Crippen molar-refractivity contribution in [3.63, 3.8) is 0 Å². The van der Waals surface area contributed by atoms with Gasteiger partial charge in [0.15, 0.2) is 5.65 Å². The zero-order chi connectivity index (χ0) is 22.9. The fourth-order valence-corrected chi connectivity index (χ4v) is 4.56. The van der Waals surface area contributed by atoms with E-state index in [1.807, 2.05) is 43.3 Å². The van der Waals surface area contributed by atoms with Crippen LogP contribution in [-0.4, -0.2) is 40.3 Å². The Bertz CT molecular complexity index is 1380. The van der Waals surface area contributed by atoms with Crippen molar-refractivity contribution < 1.29 is 13.2 Å². The lowest BCUT2D eigenvalue weighted by molar-refractivity contribution is 0.102. The van der Waals surface area contributed by atoms with Gasteiger partial charge in [0.25, 0.3) is 5.91 Å². The molecule has 0 fully saturated rings. The van der Waals surface area contributed by atoms with E-state index in [-0.39, 0.29) is 17.3 Å². The first-order chi connectivity index (χ1) is 15.3. The van der Waals surface area contributed by atoms with Crippen LogP contribution in [0.15, 0.2) is 71.8 Å². The number of sulfonamides is 1. The number of benzene rings is 2. The lowest BCUT2D eigenvalue weighted by Gasteiger charge is -2.17. The van der Waals surface area contributed by atoms with Gasteiger partial charge >= 0.3 is 0 Å². The summed E-state index contributed by atoms with van der Waals surface area (Å²) in [5.74, 6) is -0.346. The number of anilines is 1. The normalized spacial score (nSPS) is 11.8. The molecule has 0 radical (unpaired) electrons. The number of nitrogens with one attached hydrogen (secondary N) is 1. The lowest BCUT2D eigenvalue weighted by atomic mass is 10.2. The number of nitrogens with zero attached hydrogens (tertiary/aromatic N) is 4. The molecule has 2 heterocycles. The number of carbonyl (C=O) groups excluding carboxylic acids is 1. The largest absolute Gasteiger partial charge is 0.322 e. The van der Waals surface area contributed by atoms with Crippen LogP contribution in [0.5, 0.6) is 0 Å². The molecule has 1 N–H and O–H groups in total. The molecule has 0 atom stereocenters. The number of hydrogen-bond donors (Lipinski definition) is 1. The Morgan fingerprint density at radius 3 is 2.44 bits per heavy atom. The van der Waals surface area contributed by atoms with Crippen molar-refractivity contribution in [1.29, 1.82) is 0 Å². The highest BCUT2D eigenvalue weighted by Crippen LogP contribution is 2.20. The van der Waals surface area contributed by atoms with Crippen molar-refractivity contribution in [2.75, 3.05) is 12.4 Å². The minimum Gasteiger partial charge on any atom is -0.322 e. The highest BCUT2D eigenvalue weighted by molar-refractivity contribution is 7.89. The van der Waals surface area contributed by atoms with Gasteiger partial charge < -0.3 is 5.32 Å². The maximum Gasteiger partial charge on any atom is 0.259 e. The molecule has 0 unspecified atom stereocenters. The number of amides is 1. The van der Waals surface area contributed by atoms with E-state index >= 15 is 0 Å². The predicted molar refractivity (Wildman–Crippen MR) is 122 cm³/mol. The van der Waals surface area contributed by atoms with E-state index in [1.165, 1.54) is 22.6 Å². The lowest BCUT2D eigenvalue weighted by Crippen LogP contribution is -2.26. The molecule has 0 saturated heterocycles. The third-order valence-corrected chi connectivity index (χ3v) is 6.98.